The summed E-state index contributed by atoms with van der Waals surface area (Å²) in [6.07, 6.45) is 10.4. The molecule has 33 heavy (non-hydrogen) atoms. The summed E-state index contributed by atoms with van der Waals surface area (Å²) < 4.78 is 7.58. The van der Waals surface area contributed by atoms with Gasteiger partial charge in [0.1, 0.15) is 5.56 Å². The summed E-state index contributed by atoms with van der Waals surface area (Å²) in [6.45, 7) is 10.0. The molecule has 184 valence electrons. The molecule has 2 atom stereocenters. The second kappa shape index (κ2) is 10.7. The van der Waals surface area contributed by atoms with E-state index in [1.54, 1.807) is 17.1 Å². The van der Waals surface area contributed by atoms with Crippen LogP contribution >= 0.6 is 0 Å². The van der Waals surface area contributed by atoms with Crippen molar-refractivity contribution in [3.05, 3.63) is 17.8 Å². The van der Waals surface area contributed by atoms with Crippen LogP contribution in [0.4, 0.5) is 0 Å². The number of nitrogens with zero attached hydrogens (tertiary/aromatic N) is 2. The Balaban J connectivity index is 1.80. The Bertz CT molecular complexity index is 847. The van der Waals surface area contributed by atoms with Crippen LogP contribution in [0.5, 0.6) is 5.88 Å². The molecule has 2 unspecified atom stereocenters. The summed E-state index contributed by atoms with van der Waals surface area (Å²) >= 11 is 0. The first-order valence-electron chi connectivity index (χ1n) is 12.2. The van der Waals surface area contributed by atoms with E-state index in [0.29, 0.717) is 35.8 Å². The third kappa shape index (κ3) is 6.59. The molecule has 8 heteroatoms. The Labute approximate surface area is 197 Å². The fourth-order valence-corrected chi connectivity index (χ4v) is 5.24. The van der Waals surface area contributed by atoms with E-state index in [1.807, 2.05) is 19.9 Å². The SMILES string of the molecule is CC(=O)NC(C)(C)/C=C/n1ncc(C(=O)N[C@H]2C3CCCC2C[C@@H](CO)C3)c1OCC(C)C. The number of carbonyl (C=O) groups is 2. The number of fused-ring (bicyclic) bond motifs is 2. The molecule has 1 aromatic heterocycles. The van der Waals surface area contributed by atoms with Crippen LogP contribution in [-0.4, -0.2) is 51.5 Å². The van der Waals surface area contributed by atoms with Crippen LogP contribution in [0.25, 0.3) is 6.20 Å². The number of amides is 2. The van der Waals surface area contributed by atoms with Crippen LogP contribution in [0.2, 0.25) is 0 Å². The lowest BCUT2D eigenvalue weighted by atomic mass is 9.65. The Morgan fingerprint density at radius 3 is 2.55 bits per heavy atom. The van der Waals surface area contributed by atoms with Gasteiger partial charge >= 0.3 is 0 Å². The Hall–Kier alpha value is -2.35. The van der Waals surface area contributed by atoms with Gasteiger partial charge < -0.3 is 20.5 Å². The molecule has 3 N–H and O–H groups in total. The minimum atomic E-state index is -0.571. The molecular formula is C25H40N4O4. The highest BCUT2D eigenvalue weighted by atomic mass is 16.5. The Kier molecular flexibility index (Phi) is 8.21. The lowest BCUT2D eigenvalue weighted by Crippen LogP contribution is -2.51. The maximum atomic E-state index is 13.3. The molecule has 8 nitrogen and oxygen atoms in total. The van der Waals surface area contributed by atoms with Crippen molar-refractivity contribution < 1.29 is 19.4 Å². The highest BCUT2D eigenvalue weighted by Crippen LogP contribution is 2.43. The first-order valence-corrected chi connectivity index (χ1v) is 12.2. The number of hydrogen-bond donors (Lipinski definition) is 3. The number of aromatic nitrogens is 2. The summed E-state index contributed by atoms with van der Waals surface area (Å²) in [5.74, 6) is 1.57. The highest BCUT2D eigenvalue weighted by molar-refractivity contribution is 5.96. The zero-order valence-corrected chi connectivity index (χ0v) is 20.6. The number of carbonyl (C=O) groups excluding carboxylic acids is 2. The van der Waals surface area contributed by atoms with Gasteiger partial charge in [0, 0.05) is 25.8 Å². The van der Waals surface area contributed by atoms with Crippen LogP contribution in [0.15, 0.2) is 12.3 Å². The average Bonchev–Trinajstić information content (AvgIpc) is 3.12. The van der Waals surface area contributed by atoms with Crippen molar-refractivity contribution >= 4 is 18.0 Å². The maximum absolute atomic E-state index is 13.3. The average molecular weight is 461 g/mol. The minimum absolute atomic E-state index is 0.122. The molecule has 0 saturated heterocycles. The summed E-state index contributed by atoms with van der Waals surface area (Å²) in [5, 5.41) is 20.2. The molecule has 0 aromatic carbocycles. The van der Waals surface area contributed by atoms with Crippen molar-refractivity contribution in [1.29, 1.82) is 0 Å². The third-order valence-corrected chi connectivity index (χ3v) is 6.67. The molecule has 1 heterocycles. The molecule has 2 aliphatic rings. The first-order chi connectivity index (χ1) is 15.6. The van der Waals surface area contributed by atoms with Crippen LogP contribution in [0.3, 0.4) is 0 Å². The standard InChI is InChI=1S/C25H40N4O4/c1-16(2)15-33-24-21(13-26-29(24)10-9-25(4,5)28-17(3)31)23(32)27-22-19-7-6-8-20(22)12-18(11-19)14-30/h9-10,13,16,18-20,22,30H,6-8,11-12,14-15H2,1-5H3,(H,27,32)(H,28,31)/b10-9+/t18-,19?,20?,22-. The van der Waals surface area contributed by atoms with Crippen molar-refractivity contribution in [2.24, 2.45) is 23.7 Å². The van der Waals surface area contributed by atoms with Gasteiger partial charge in [0.05, 0.1) is 18.3 Å². The zero-order valence-electron chi connectivity index (χ0n) is 20.6. The molecule has 3 rings (SSSR count). The molecule has 0 spiro atoms. The van der Waals surface area contributed by atoms with E-state index in [2.05, 4.69) is 29.6 Å². The van der Waals surface area contributed by atoms with Crippen LogP contribution in [0, 0.1) is 23.7 Å². The third-order valence-electron chi connectivity index (χ3n) is 6.67. The molecule has 0 radical (unpaired) electrons. The molecule has 2 fully saturated rings. The lowest BCUT2D eigenvalue weighted by Gasteiger charge is -2.45. The van der Waals surface area contributed by atoms with Crippen molar-refractivity contribution in [2.45, 2.75) is 78.3 Å². The topological polar surface area (TPSA) is 105 Å². The number of ether oxygens (including phenoxy) is 1. The number of aliphatic hydroxyl groups excluding tert-OH is 1. The van der Waals surface area contributed by atoms with Gasteiger partial charge in [0.15, 0.2) is 0 Å². The first kappa shape index (κ1) is 25.3. The number of rotatable bonds is 9. The van der Waals surface area contributed by atoms with E-state index in [1.165, 1.54) is 13.3 Å². The molecule has 0 aliphatic heterocycles. The molecule has 2 saturated carbocycles. The van der Waals surface area contributed by atoms with Crippen molar-refractivity contribution in [1.82, 2.24) is 20.4 Å². The van der Waals surface area contributed by atoms with Gasteiger partial charge in [-0.05, 0) is 69.3 Å². The summed E-state index contributed by atoms with van der Waals surface area (Å²) in [4.78, 5) is 24.8. The summed E-state index contributed by atoms with van der Waals surface area (Å²) in [6, 6.07) is 0.129. The highest BCUT2D eigenvalue weighted by Gasteiger charge is 2.41. The fraction of sp³-hybridized carbons (Fsp3) is 0.720. The number of aliphatic hydroxyl groups is 1. The van der Waals surface area contributed by atoms with Crippen molar-refractivity contribution in [3.8, 4) is 5.88 Å². The van der Waals surface area contributed by atoms with Gasteiger partial charge in [-0.3, -0.25) is 9.59 Å². The normalized spacial score (nSPS) is 25.3. The molecule has 2 amide bonds. The molecular weight excluding hydrogens is 420 g/mol. The van der Waals surface area contributed by atoms with E-state index in [0.717, 1.165) is 25.7 Å². The van der Waals surface area contributed by atoms with E-state index < -0.39 is 5.54 Å². The zero-order chi connectivity index (χ0) is 24.2. The predicted molar refractivity (Wildman–Crippen MR) is 128 cm³/mol. The quantitative estimate of drug-likeness (QED) is 0.525. The predicted octanol–water partition coefficient (Wildman–Crippen LogP) is 3.22. The van der Waals surface area contributed by atoms with E-state index in [-0.39, 0.29) is 30.4 Å². The summed E-state index contributed by atoms with van der Waals surface area (Å²) in [7, 11) is 0. The van der Waals surface area contributed by atoms with Gasteiger partial charge in [0.25, 0.3) is 5.91 Å². The second-order valence-corrected chi connectivity index (χ2v) is 10.7. The van der Waals surface area contributed by atoms with Crippen LogP contribution in [-0.2, 0) is 4.79 Å². The largest absolute Gasteiger partial charge is 0.477 e. The molecule has 1 aromatic rings. The monoisotopic (exact) mass is 460 g/mol. The van der Waals surface area contributed by atoms with Gasteiger partial charge in [-0.15, -0.1) is 0 Å². The fourth-order valence-electron chi connectivity index (χ4n) is 5.24. The minimum Gasteiger partial charge on any atom is -0.477 e. The van der Waals surface area contributed by atoms with Gasteiger partial charge in [-0.25, -0.2) is 4.68 Å². The number of nitrogens with one attached hydrogen (secondary N) is 2. The second-order valence-electron chi connectivity index (χ2n) is 10.7. The van der Waals surface area contributed by atoms with Gasteiger partial charge in [0.2, 0.25) is 11.8 Å². The lowest BCUT2D eigenvalue weighted by molar-refractivity contribution is -0.120. The number of hydrogen-bond acceptors (Lipinski definition) is 5. The van der Waals surface area contributed by atoms with Crippen molar-refractivity contribution in [2.75, 3.05) is 13.2 Å². The van der Waals surface area contributed by atoms with Gasteiger partial charge in [-0.2, -0.15) is 5.10 Å². The Morgan fingerprint density at radius 1 is 1.30 bits per heavy atom. The summed E-state index contributed by atoms with van der Waals surface area (Å²) in [5.41, 5.74) is -0.154. The van der Waals surface area contributed by atoms with E-state index in [4.69, 9.17) is 4.74 Å². The molecule has 2 bridgehead atoms. The molecule has 2 aliphatic carbocycles. The van der Waals surface area contributed by atoms with Crippen LogP contribution < -0.4 is 15.4 Å². The van der Waals surface area contributed by atoms with Crippen molar-refractivity contribution in [3.63, 3.8) is 0 Å². The van der Waals surface area contributed by atoms with Crippen LogP contribution in [0.1, 0.15) is 77.1 Å². The van der Waals surface area contributed by atoms with E-state index >= 15 is 0 Å². The van der Waals surface area contributed by atoms with Gasteiger partial charge in [-0.1, -0.05) is 20.3 Å². The maximum Gasteiger partial charge on any atom is 0.258 e. The van der Waals surface area contributed by atoms with E-state index in [9.17, 15) is 14.7 Å². The Morgan fingerprint density at radius 2 is 1.97 bits per heavy atom. The smallest absolute Gasteiger partial charge is 0.258 e.